The number of allylic oxidation sites excluding steroid dienone is 5. The average Bonchev–Trinajstić information content (AvgIpc) is 2.40. The highest BCUT2D eigenvalue weighted by Gasteiger charge is 2.35. The van der Waals surface area contributed by atoms with Gasteiger partial charge >= 0.3 is 0 Å². The van der Waals surface area contributed by atoms with Gasteiger partial charge in [-0.05, 0) is 6.07 Å². The highest BCUT2D eigenvalue weighted by atomic mass is 79.9. The Kier molecular flexibility index (Phi) is 3.53. The number of ether oxygens (including phenoxy) is 1. The molecule has 1 aromatic carbocycles. The van der Waals surface area contributed by atoms with E-state index in [1.165, 1.54) is 0 Å². The summed E-state index contributed by atoms with van der Waals surface area (Å²) in [6.07, 6.45) is 10.3. The summed E-state index contributed by atoms with van der Waals surface area (Å²) in [5.41, 5.74) is 0.876. The maximum absolute atomic E-state index is 5.45. The number of methoxy groups -OCH3 is 1. The molecule has 2 atom stereocenters. The molecule has 0 N–H and O–H groups in total. The second-order valence-electron chi connectivity index (χ2n) is 3.98. The van der Waals surface area contributed by atoms with Crippen LogP contribution in [0.25, 0.3) is 0 Å². The van der Waals surface area contributed by atoms with Gasteiger partial charge in [-0.1, -0.05) is 64.5 Å². The van der Waals surface area contributed by atoms with E-state index < -0.39 is 0 Å². The molecule has 0 fully saturated rings. The van der Waals surface area contributed by atoms with Crippen molar-refractivity contribution in [3.8, 4) is 5.75 Å². The first-order valence-electron chi connectivity index (χ1n) is 5.52. The maximum Gasteiger partial charge on any atom is 0.123 e. The molecule has 0 heterocycles. The van der Waals surface area contributed by atoms with E-state index in [-0.39, 0.29) is 10.2 Å². The zero-order valence-electron chi connectivity index (χ0n) is 9.77. The van der Waals surface area contributed by atoms with Gasteiger partial charge in [0.05, 0.1) is 12.5 Å². The minimum absolute atomic E-state index is 0.189. The van der Waals surface area contributed by atoms with Crippen LogP contribution in [0.4, 0.5) is 0 Å². The lowest BCUT2D eigenvalue weighted by Gasteiger charge is -2.34. The van der Waals surface area contributed by atoms with Gasteiger partial charge in [-0.3, -0.25) is 0 Å². The number of hydrogen-bond donors (Lipinski definition) is 0. The van der Waals surface area contributed by atoms with E-state index in [1.54, 1.807) is 7.11 Å². The fourth-order valence-corrected chi connectivity index (χ4v) is 2.92. The lowest BCUT2D eigenvalue weighted by molar-refractivity contribution is 0.403. The SMILES string of the molecule is C=CC1(c2ccccc2OC)C=CC=CC1Br. The molecular weight excluding hydrogens is 276 g/mol. The molecule has 0 radical (unpaired) electrons. The molecule has 2 rings (SSSR count). The summed E-state index contributed by atoms with van der Waals surface area (Å²) in [7, 11) is 1.70. The van der Waals surface area contributed by atoms with Crippen molar-refractivity contribution in [3.05, 3.63) is 66.8 Å². The maximum atomic E-state index is 5.45. The van der Waals surface area contributed by atoms with Gasteiger partial charge in [0.1, 0.15) is 5.75 Å². The predicted octanol–water partition coefficient (Wildman–Crippen LogP) is 4.01. The van der Waals surface area contributed by atoms with Crippen LogP contribution in [0.2, 0.25) is 0 Å². The van der Waals surface area contributed by atoms with Crippen LogP contribution in [0.5, 0.6) is 5.75 Å². The molecule has 1 aliphatic rings. The van der Waals surface area contributed by atoms with Crippen LogP contribution in [0.15, 0.2) is 61.2 Å². The highest BCUT2D eigenvalue weighted by Crippen LogP contribution is 2.42. The Morgan fingerprint density at radius 2 is 2.12 bits per heavy atom. The topological polar surface area (TPSA) is 9.23 Å². The van der Waals surface area contributed by atoms with Crippen LogP contribution >= 0.6 is 15.9 Å². The second-order valence-corrected chi connectivity index (χ2v) is 4.97. The minimum Gasteiger partial charge on any atom is -0.496 e. The van der Waals surface area contributed by atoms with Gasteiger partial charge in [0, 0.05) is 10.4 Å². The fourth-order valence-electron chi connectivity index (χ4n) is 2.16. The number of para-hydroxylation sites is 1. The number of halogens is 1. The molecule has 2 heteroatoms. The quantitative estimate of drug-likeness (QED) is 0.604. The smallest absolute Gasteiger partial charge is 0.123 e. The van der Waals surface area contributed by atoms with E-state index in [1.807, 2.05) is 36.4 Å². The van der Waals surface area contributed by atoms with E-state index in [0.717, 1.165) is 11.3 Å². The van der Waals surface area contributed by atoms with Gasteiger partial charge in [-0.2, -0.15) is 0 Å². The Labute approximate surface area is 111 Å². The second kappa shape index (κ2) is 4.92. The molecule has 0 amide bonds. The van der Waals surface area contributed by atoms with Crippen molar-refractivity contribution >= 4 is 15.9 Å². The molecule has 1 aliphatic carbocycles. The van der Waals surface area contributed by atoms with Crippen LogP contribution in [-0.4, -0.2) is 11.9 Å². The number of benzene rings is 1. The van der Waals surface area contributed by atoms with Crippen LogP contribution in [0.1, 0.15) is 5.56 Å². The van der Waals surface area contributed by atoms with Crippen molar-refractivity contribution in [1.82, 2.24) is 0 Å². The van der Waals surface area contributed by atoms with Crippen LogP contribution in [0, 0.1) is 0 Å². The summed E-state index contributed by atoms with van der Waals surface area (Å²) in [6.45, 7) is 3.99. The van der Waals surface area contributed by atoms with Gasteiger partial charge in [0.25, 0.3) is 0 Å². The van der Waals surface area contributed by atoms with Gasteiger partial charge in [0.15, 0.2) is 0 Å². The number of rotatable bonds is 3. The van der Waals surface area contributed by atoms with E-state index >= 15 is 0 Å². The van der Waals surface area contributed by atoms with E-state index in [0.29, 0.717) is 0 Å². The molecule has 0 spiro atoms. The Morgan fingerprint density at radius 3 is 2.76 bits per heavy atom. The molecule has 0 aromatic heterocycles. The number of hydrogen-bond acceptors (Lipinski definition) is 1. The molecule has 88 valence electrons. The Morgan fingerprint density at radius 1 is 1.35 bits per heavy atom. The van der Waals surface area contributed by atoms with Crippen molar-refractivity contribution in [3.63, 3.8) is 0 Å². The van der Waals surface area contributed by atoms with Gasteiger partial charge in [0.2, 0.25) is 0 Å². The van der Waals surface area contributed by atoms with Crippen LogP contribution in [-0.2, 0) is 5.41 Å². The lowest BCUT2D eigenvalue weighted by Crippen LogP contribution is -2.32. The predicted molar refractivity (Wildman–Crippen MR) is 75.9 cm³/mol. The minimum atomic E-state index is -0.249. The first-order valence-corrected chi connectivity index (χ1v) is 6.43. The zero-order chi connectivity index (χ0) is 12.3. The molecule has 0 saturated carbocycles. The fraction of sp³-hybridized carbons (Fsp3) is 0.200. The van der Waals surface area contributed by atoms with Gasteiger partial charge < -0.3 is 4.74 Å². The van der Waals surface area contributed by atoms with Crippen molar-refractivity contribution in [2.75, 3.05) is 7.11 Å². The zero-order valence-corrected chi connectivity index (χ0v) is 11.4. The van der Waals surface area contributed by atoms with Gasteiger partial charge in [-0.15, -0.1) is 6.58 Å². The van der Waals surface area contributed by atoms with Crippen molar-refractivity contribution in [2.24, 2.45) is 0 Å². The third kappa shape index (κ3) is 1.98. The van der Waals surface area contributed by atoms with Crippen LogP contribution < -0.4 is 4.74 Å². The molecule has 0 bridgehead atoms. The Bertz CT molecular complexity index is 476. The van der Waals surface area contributed by atoms with Gasteiger partial charge in [-0.25, -0.2) is 0 Å². The molecule has 17 heavy (non-hydrogen) atoms. The normalized spacial score (nSPS) is 26.8. The third-order valence-corrected chi connectivity index (χ3v) is 4.19. The molecule has 1 aromatic rings. The largest absolute Gasteiger partial charge is 0.496 e. The van der Waals surface area contributed by atoms with Crippen molar-refractivity contribution in [1.29, 1.82) is 0 Å². The van der Waals surface area contributed by atoms with Crippen molar-refractivity contribution in [2.45, 2.75) is 10.2 Å². The standard InChI is InChI=1S/C15H15BrO/c1-3-15(11-7-6-10-14(15)16)12-8-4-5-9-13(12)17-2/h3-11,14H,1H2,2H3. The summed E-state index contributed by atoms with van der Waals surface area (Å²) in [4.78, 5) is 0.189. The van der Waals surface area contributed by atoms with E-state index in [4.69, 9.17) is 4.74 Å². The molecule has 2 unspecified atom stereocenters. The summed E-state index contributed by atoms with van der Waals surface area (Å²) in [6, 6.07) is 8.06. The summed E-state index contributed by atoms with van der Waals surface area (Å²) < 4.78 is 5.45. The molecule has 1 nitrogen and oxygen atoms in total. The molecular formula is C15H15BrO. The monoisotopic (exact) mass is 290 g/mol. The summed E-state index contributed by atoms with van der Waals surface area (Å²) >= 11 is 3.71. The third-order valence-electron chi connectivity index (χ3n) is 3.13. The average molecular weight is 291 g/mol. The van der Waals surface area contributed by atoms with E-state index in [9.17, 15) is 0 Å². The Hall–Kier alpha value is -1.28. The van der Waals surface area contributed by atoms with Crippen LogP contribution in [0.3, 0.4) is 0 Å². The summed E-state index contributed by atoms with van der Waals surface area (Å²) in [5.74, 6) is 0.886. The first kappa shape index (κ1) is 12.2. The molecule has 0 saturated heterocycles. The first-order chi connectivity index (χ1) is 8.24. The summed E-state index contributed by atoms with van der Waals surface area (Å²) in [5, 5.41) is 0. The van der Waals surface area contributed by atoms with E-state index in [2.05, 4.69) is 40.7 Å². The Balaban J connectivity index is 2.59. The number of alkyl halides is 1. The lowest BCUT2D eigenvalue weighted by atomic mass is 9.75. The highest BCUT2D eigenvalue weighted by molar-refractivity contribution is 9.09. The molecule has 0 aliphatic heterocycles. The van der Waals surface area contributed by atoms with Crippen molar-refractivity contribution < 1.29 is 4.74 Å².